The third kappa shape index (κ3) is 3.76. The number of hydrogen-bond acceptors (Lipinski definition) is 6. The summed E-state index contributed by atoms with van der Waals surface area (Å²) < 4.78 is 40.6. The molecule has 2 heterocycles. The van der Waals surface area contributed by atoms with E-state index in [2.05, 4.69) is 23.9 Å². The molecule has 0 saturated carbocycles. The van der Waals surface area contributed by atoms with Crippen molar-refractivity contribution in [3.63, 3.8) is 0 Å². The molecule has 1 aromatic rings. The van der Waals surface area contributed by atoms with Gasteiger partial charge in [-0.3, -0.25) is 9.69 Å². The zero-order chi connectivity index (χ0) is 19.1. The lowest BCUT2D eigenvalue weighted by Crippen LogP contribution is -2.41. The minimum atomic E-state index is -4.17. The Morgan fingerprint density at radius 2 is 1.96 bits per heavy atom. The molecule has 0 spiro atoms. The number of phenols is 1. The smallest absolute Gasteiger partial charge is 0.326 e. The summed E-state index contributed by atoms with van der Waals surface area (Å²) >= 11 is 0. The van der Waals surface area contributed by atoms with Crippen LogP contribution in [0.4, 0.5) is 10.1 Å². The number of nitrogens with one attached hydrogen (secondary N) is 1. The van der Waals surface area contributed by atoms with E-state index in [1.807, 2.05) is 0 Å². The lowest BCUT2D eigenvalue weighted by molar-refractivity contribution is -0.117. The van der Waals surface area contributed by atoms with Gasteiger partial charge in [0.25, 0.3) is 5.91 Å². The first-order chi connectivity index (χ1) is 12.2. The van der Waals surface area contributed by atoms with E-state index >= 15 is 0 Å². The highest BCUT2D eigenvalue weighted by molar-refractivity contribution is 7.92. The summed E-state index contributed by atoms with van der Waals surface area (Å²) in [7, 11) is -0.0619. The largest absolute Gasteiger partial charge is 0.506 e. The zero-order valence-corrected chi connectivity index (χ0v) is 15.6. The maximum Gasteiger partial charge on any atom is 0.326 e. The molecule has 1 amide bonds. The topological polar surface area (TPSA) is 93.2 Å². The molecule has 10 heteroatoms. The van der Waals surface area contributed by atoms with Crippen molar-refractivity contribution in [2.45, 2.75) is 25.4 Å². The van der Waals surface area contributed by atoms with Crippen LogP contribution >= 0.6 is 0 Å². The van der Waals surface area contributed by atoms with E-state index in [-0.39, 0.29) is 0 Å². The molecule has 2 saturated heterocycles. The van der Waals surface area contributed by atoms with Crippen LogP contribution in [0.15, 0.2) is 12.1 Å². The van der Waals surface area contributed by atoms with E-state index in [0.717, 1.165) is 25.9 Å². The third-order valence-corrected chi connectivity index (χ3v) is 6.24. The molecule has 2 aliphatic heterocycles. The van der Waals surface area contributed by atoms with Crippen molar-refractivity contribution < 1.29 is 22.7 Å². The van der Waals surface area contributed by atoms with Crippen LogP contribution in [0.1, 0.15) is 18.4 Å². The van der Waals surface area contributed by atoms with E-state index in [1.165, 1.54) is 12.1 Å². The minimum Gasteiger partial charge on any atom is -0.506 e. The van der Waals surface area contributed by atoms with Gasteiger partial charge in [0.2, 0.25) is 0 Å². The van der Waals surface area contributed by atoms with E-state index in [9.17, 15) is 22.7 Å². The number of carbonyl (C=O) groups is 1. The fraction of sp³-hybridized carbons (Fsp3) is 0.562. The van der Waals surface area contributed by atoms with Crippen LogP contribution in [-0.4, -0.2) is 69.0 Å². The molecular weight excluding hydrogens is 363 g/mol. The number of piperidine rings is 1. The molecule has 3 rings (SSSR count). The second-order valence-electron chi connectivity index (χ2n) is 6.95. The molecule has 26 heavy (non-hydrogen) atoms. The molecule has 1 aromatic carbocycles. The summed E-state index contributed by atoms with van der Waals surface area (Å²) in [6.07, 6.45) is 2.03. The van der Waals surface area contributed by atoms with Gasteiger partial charge in [0, 0.05) is 12.6 Å². The summed E-state index contributed by atoms with van der Waals surface area (Å²) in [5, 5.41) is 10.2. The fourth-order valence-corrected chi connectivity index (χ4v) is 4.65. The predicted molar refractivity (Wildman–Crippen MR) is 94.5 cm³/mol. The standard InChI is InChI=1S/C16H23FN4O4S/c1-19(2)12-3-5-20(6-4-12)9-11-7-13(17)16(14(22)8-11)21-10-15(23)18-26(21,24)25/h7-8,12,22H,3-6,9-10H2,1-2H3,(H,18,23). The van der Waals surface area contributed by atoms with Crippen LogP contribution in [-0.2, 0) is 21.5 Å². The molecule has 0 radical (unpaired) electrons. The van der Waals surface area contributed by atoms with Crippen LogP contribution < -0.4 is 9.03 Å². The molecule has 2 fully saturated rings. The van der Waals surface area contributed by atoms with E-state index in [1.54, 1.807) is 4.72 Å². The number of nitrogens with zero attached hydrogens (tertiary/aromatic N) is 3. The number of halogens is 1. The highest BCUT2D eigenvalue weighted by atomic mass is 32.2. The van der Waals surface area contributed by atoms with Gasteiger partial charge in [-0.1, -0.05) is 0 Å². The lowest BCUT2D eigenvalue weighted by Gasteiger charge is -2.35. The average Bonchev–Trinajstić information content (AvgIpc) is 2.79. The Balaban J connectivity index is 1.75. The van der Waals surface area contributed by atoms with Crippen molar-refractivity contribution in [3.8, 4) is 5.75 Å². The van der Waals surface area contributed by atoms with Gasteiger partial charge in [-0.25, -0.2) is 13.4 Å². The van der Waals surface area contributed by atoms with E-state index in [0.29, 0.717) is 22.5 Å². The van der Waals surface area contributed by atoms with Crippen LogP contribution in [0.5, 0.6) is 5.75 Å². The third-order valence-electron chi connectivity index (χ3n) is 4.87. The molecule has 0 aliphatic carbocycles. The second-order valence-corrected chi connectivity index (χ2v) is 8.55. The number of benzene rings is 1. The summed E-state index contributed by atoms with van der Waals surface area (Å²) in [4.78, 5) is 15.7. The van der Waals surface area contributed by atoms with E-state index < -0.39 is 39.9 Å². The Morgan fingerprint density at radius 1 is 1.31 bits per heavy atom. The number of anilines is 1. The lowest BCUT2D eigenvalue weighted by atomic mass is 10.0. The van der Waals surface area contributed by atoms with Gasteiger partial charge >= 0.3 is 10.2 Å². The minimum absolute atomic E-state index is 0.467. The van der Waals surface area contributed by atoms with Crippen molar-refractivity contribution in [2.24, 2.45) is 0 Å². The van der Waals surface area contributed by atoms with Crippen molar-refractivity contribution in [1.82, 2.24) is 14.5 Å². The van der Waals surface area contributed by atoms with Gasteiger partial charge in [-0.15, -0.1) is 0 Å². The second kappa shape index (κ2) is 7.01. The maximum atomic E-state index is 14.5. The van der Waals surface area contributed by atoms with Gasteiger partial charge in [-0.2, -0.15) is 8.42 Å². The number of rotatable bonds is 4. The van der Waals surface area contributed by atoms with Crippen LogP contribution in [0, 0.1) is 5.82 Å². The zero-order valence-electron chi connectivity index (χ0n) is 14.8. The normalized spacial score (nSPS) is 21.4. The predicted octanol–water partition coefficient (Wildman–Crippen LogP) is 0.238. The first kappa shape index (κ1) is 18.9. The quantitative estimate of drug-likeness (QED) is 0.770. The monoisotopic (exact) mass is 386 g/mol. The Labute approximate surface area is 152 Å². The van der Waals surface area contributed by atoms with Gasteiger partial charge in [0.15, 0.2) is 5.82 Å². The fourth-order valence-electron chi connectivity index (χ4n) is 3.48. The first-order valence-corrected chi connectivity index (χ1v) is 9.85. The first-order valence-electron chi connectivity index (χ1n) is 8.41. The highest BCUT2D eigenvalue weighted by Crippen LogP contribution is 2.35. The van der Waals surface area contributed by atoms with Crippen molar-refractivity contribution in [2.75, 3.05) is 38.0 Å². The molecule has 2 aliphatic rings. The summed E-state index contributed by atoms with van der Waals surface area (Å²) in [6, 6.07) is 3.10. The number of likely N-dealkylation sites (tertiary alicyclic amines) is 1. The number of carbonyl (C=O) groups excluding carboxylic acids is 1. The molecule has 0 unspecified atom stereocenters. The van der Waals surface area contributed by atoms with Crippen LogP contribution in [0.25, 0.3) is 0 Å². The Kier molecular flexibility index (Phi) is 5.09. The average molecular weight is 386 g/mol. The van der Waals surface area contributed by atoms with Crippen molar-refractivity contribution in [1.29, 1.82) is 0 Å². The summed E-state index contributed by atoms with van der Waals surface area (Å²) in [5.74, 6) is -2.14. The Hall–Kier alpha value is -1.91. The van der Waals surface area contributed by atoms with Crippen molar-refractivity contribution in [3.05, 3.63) is 23.5 Å². The van der Waals surface area contributed by atoms with Crippen LogP contribution in [0.3, 0.4) is 0 Å². The van der Waals surface area contributed by atoms with Crippen LogP contribution in [0.2, 0.25) is 0 Å². The highest BCUT2D eigenvalue weighted by Gasteiger charge is 2.37. The maximum absolute atomic E-state index is 14.5. The van der Waals surface area contributed by atoms with Gasteiger partial charge in [0.05, 0.1) is 0 Å². The van der Waals surface area contributed by atoms with Gasteiger partial charge in [-0.05, 0) is 57.7 Å². The Bertz CT molecular complexity index is 783. The van der Waals surface area contributed by atoms with E-state index in [4.69, 9.17) is 0 Å². The summed E-state index contributed by atoms with van der Waals surface area (Å²) in [5.41, 5.74) is 0.0568. The number of hydrogen-bond donors (Lipinski definition) is 2. The molecule has 8 nitrogen and oxygen atoms in total. The molecule has 144 valence electrons. The van der Waals surface area contributed by atoms with Gasteiger partial charge < -0.3 is 10.0 Å². The number of amides is 1. The SMILES string of the molecule is CN(C)C1CCN(Cc2cc(O)c(N3CC(=O)NS3(=O)=O)c(F)c2)CC1. The molecule has 0 atom stereocenters. The molecule has 0 aromatic heterocycles. The molecule has 2 N–H and O–H groups in total. The molecule has 0 bridgehead atoms. The number of phenolic OH excluding ortho intramolecular Hbond substituents is 1. The number of aromatic hydroxyl groups is 1. The molecular formula is C16H23FN4O4S. The van der Waals surface area contributed by atoms with Gasteiger partial charge in [0.1, 0.15) is 18.0 Å². The van der Waals surface area contributed by atoms with Crippen molar-refractivity contribution >= 4 is 21.8 Å². The summed E-state index contributed by atoms with van der Waals surface area (Å²) in [6.45, 7) is 1.65. The Morgan fingerprint density at radius 3 is 2.46 bits per heavy atom.